The van der Waals surface area contributed by atoms with E-state index < -0.39 is 11.2 Å². The fraction of sp³-hybridized carbons (Fsp3) is 0.632. The number of nitrogens with one attached hydrogen (secondary N) is 2. The molecule has 0 heterocycles. The lowest BCUT2D eigenvalue weighted by Gasteiger charge is -2.35. The molecular weight excluding hydrogens is 657 g/mol. The topological polar surface area (TPSA) is 102 Å². The molecule has 2 aliphatic rings. The average molecular weight is 715 g/mol. The molecule has 0 aliphatic heterocycles. The molecule has 51 heavy (non-hydrogen) atoms. The van der Waals surface area contributed by atoms with Crippen molar-refractivity contribution in [3.8, 4) is 11.5 Å². The SMILES string of the molecule is CN(C(=O)OC(C)(C)C)C1CCC(NCc2cc(OBOc3ccc(F)c(CNC4CCC(N(C)C(=O)OC(C)(C)C)CC4)c3)ccc2F)CC1. The number of benzene rings is 2. The van der Waals surface area contributed by atoms with Gasteiger partial charge in [0.1, 0.15) is 34.3 Å². The number of hydrogen-bond donors (Lipinski definition) is 2. The van der Waals surface area contributed by atoms with Crippen molar-refractivity contribution < 1.29 is 37.2 Å². The number of nitrogens with zero attached hydrogens (tertiary/aromatic N) is 2. The van der Waals surface area contributed by atoms with E-state index in [1.807, 2.05) is 41.5 Å². The maximum absolute atomic E-state index is 14.7. The molecule has 0 saturated heterocycles. The molecule has 0 spiro atoms. The zero-order chi connectivity index (χ0) is 37.3. The third-order valence-electron chi connectivity index (χ3n) is 9.50. The van der Waals surface area contributed by atoms with Crippen molar-refractivity contribution in [1.29, 1.82) is 0 Å². The first-order chi connectivity index (χ1) is 24.0. The summed E-state index contributed by atoms with van der Waals surface area (Å²) in [5.74, 6) is 0.280. The highest BCUT2D eigenvalue weighted by molar-refractivity contribution is 6.20. The van der Waals surface area contributed by atoms with E-state index in [4.69, 9.17) is 18.8 Å². The summed E-state index contributed by atoms with van der Waals surface area (Å²) in [6.45, 7) is 11.8. The second-order valence-corrected chi connectivity index (χ2v) is 15.9. The van der Waals surface area contributed by atoms with Crippen LogP contribution in [0.5, 0.6) is 11.5 Å². The van der Waals surface area contributed by atoms with Gasteiger partial charge in [0.15, 0.2) is 0 Å². The lowest BCUT2D eigenvalue weighted by Crippen LogP contribution is -2.44. The smallest absolute Gasteiger partial charge is 0.529 e. The number of carbonyl (C=O) groups is 2. The van der Waals surface area contributed by atoms with E-state index in [9.17, 15) is 18.4 Å². The predicted molar refractivity (Wildman–Crippen MR) is 195 cm³/mol. The van der Waals surface area contributed by atoms with Gasteiger partial charge in [0.2, 0.25) is 0 Å². The van der Waals surface area contributed by atoms with Crippen LogP contribution >= 0.6 is 0 Å². The Morgan fingerprint density at radius 2 is 1.02 bits per heavy atom. The van der Waals surface area contributed by atoms with E-state index in [0.29, 0.717) is 35.7 Å². The van der Waals surface area contributed by atoms with Crippen molar-refractivity contribution in [2.24, 2.45) is 0 Å². The summed E-state index contributed by atoms with van der Waals surface area (Å²) in [6, 6.07) is 9.85. The van der Waals surface area contributed by atoms with Crippen LogP contribution in [-0.2, 0) is 22.6 Å². The van der Waals surface area contributed by atoms with Gasteiger partial charge in [-0.3, -0.25) is 0 Å². The van der Waals surface area contributed by atoms with Gasteiger partial charge in [0.05, 0.1) is 0 Å². The van der Waals surface area contributed by atoms with E-state index in [1.54, 1.807) is 48.2 Å². The highest BCUT2D eigenvalue weighted by Crippen LogP contribution is 2.27. The molecule has 2 aliphatic carbocycles. The minimum Gasteiger partial charge on any atom is -0.529 e. The molecule has 2 N–H and O–H groups in total. The number of rotatable bonds is 12. The van der Waals surface area contributed by atoms with Crippen molar-refractivity contribution in [1.82, 2.24) is 20.4 Å². The Kier molecular flexibility index (Phi) is 14.0. The maximum Gasteiger partial charge on any atom is 0.576 e. The number of hydrogen-bond acceptors (Lipinski definition) is 8. The van der Waals surface area contributed by atoms with Crippen LogP contribution in [0.4, 0.5) is 18.4 Å². The Hall–Kier alpha value is -3.58. The van der Waals surface area contributed by atoms with Gasteiger partial charge in [-0.2, -0.15) is 0 Å². The molecule has 2 amide bonds. The van der Waals surface area contributed by atoms with Crippen LogP contribution in [0.1, 0.15) is 104 Å². The van der Waals surface area contributed by atoms with Gasteiger partial charge in [-0.05, 0) is 129 Å². The Balaban J connectivity index is 1.18. The zero-order valence-corrected chi connectivity index (χ0v) is 31.7. The van der Waals surface area contributed by atoms with Crippen molar-refractivity contribution in [3.63, 3.8) is 0 Å². The van der Waals surface area contributed by atoms with Gasteiger partial charge in [0.25, 0.3) is 0 Å². The molecule has 2 aromatic rings. The Morgan fingerprint density at radius 3 is 1.35 bits per heavy atom. The normalized spacial score (nSPS) is 21.0. The molecule has 10 nitrogen and oxygen atoms in total. The average Bonchev–Trinajstić information content (AvgIpc) is 3.06. The molecule has 0 radical (unpaired) electrons. The molecule has 2 saturated carbocycles. The maximum atomic E-state index is 14.7. The molecular formula is C38H57BF2N4O6. The number of ether oxygens (including phenoxy) is 2. The van der Waals surface area contributed by atoms with Crippen LogP contribution in [0, 0.1) is 11.6 Å². The van der Waals surface area contributed by atoms with Gasteiger partial charge in [0, 0.05) is 62.5 Å². The second kappa shape index (κ2) is 17.8. The van der Waals surface area contributed by atoms with E-state index in [2.05, 4.69) is 10.6 Å². The Labute approximate surface area is 303 Å². The standard InChI is InChI=1S/C38H57BF2N4O6/c1-37(2,3)48-35(46)44(7)29-13-9-27(10-14-29)42-23-25-21-31(17-19-33(25)40)50-39-51-32-18-20-34(41)26(22-32)24-43-28-11-15-30(16-12-28)45(8)36(47)49-38(4,5)6/h17-22,27-30,39,42-43H,9-16,23-24H2,1-8H3. The van der Waals surface area contributed by atoms with Crippen LogP contribution in [0.3, 0.4) is 0 Å². The summed E-state index contributed by atoms with van der Waals surface area (Å²) in [5.41, 5.74) is -0.0945. The highest BCUT2D eigenvalue weighted by atomic mass is 19.1. The predicted octanol–water partition coefficient (Wildman–Crippen LogP) is 7.22. The summed E-state index contributed by atoms with van der Waals surface area (Å²) in [7, 11) is 3.45. The van der Waals surface area contributed by atoms with E-state index >= 15 is 0 Å². The van der Waals surface area contributed by atoms with Gasteiger partial charge in [-0.25, -0.2) is 18.4 Å². The van der Waals surface area contributed by atoms with E-state index in [0.717, 1.165) is 51.4 Å². The third-order valence-corrected chi connectivity index (χ3v) is 9.50. The molecule has 0 bridgehead atoms. The number of halogens is 2. The summed E-state index contributed by atoms with van der Waals surface area (Å²) >= 11 is 0. The van der Waals surface area contributed by atoms with Gasteiger partial charge in [-0.1, -0.05) is 0 Å². The first-order valence-corrected chi connectivity index (χ1v) is 18.2. The summed E-state index contributed by atoms with van der Waals surface area (Å²) < 4.78 is 51.9. The molecule has 0 atom stereocenters. The molecule has 282 valence electrons. The molecule has 4 rings (SSSR count). The first-order valence-electron chi connectivity index (χ1n) is 18.2. The Morgan fingerprint density at radius 1 is 0.667 bits per heavy atom. The van der Waals surface area contributed by atoms with Crippen LogP contribution < -0.4 is 19.9 Å². The largest absolute Gasteiger partial charge is 0.576 e. The van der Waals surface area contributed by atoms with E-state index in [-0.39, 0.29) is 55.7 Å². The van der Waals surface area contributed by atoms with Gasteiger partial charge in [-0.15, -0.1) is 0 Å². The minimum absolute atomic E-state index is 0.117. The van der Waals surface area contributed by atoms with Crippen molar-refractivity contribution >= 4 is 19.9 Å². The van der Waals surface area contributed by atoms with Gasteiger partial charge < -0.3 is 39.2 Å². The molecule has 2 fully saturated rings. The molecule has 2 aromatic carbocycles. The molecule has 13 heteroatoms. The molecule has 0 aromatic heterocycles. The molecule has 0 unspecified atom stereocenters. The fourth-order valence-electron chi connectivity index (χ4n) is 6.53. The first kappa shape index (κ1) is 40.2. The summed E-state index contributed by atoms with van der Waals surface area (Å²) in [4.78, 5) is 28.3. The third kappa shape index (κ3) is 12.9. The minimum atomic E-state index is -0.534. The van der Waals surface area contributed by atoms with E-state index in [1.165, 1.54) is 12.1 Å². The van der Waals surface area contributed by atoms with Crippen molar-refractivity contribution in [2.75, 3.05) is 14.1 Å². The Bertz CT molecular complexity index is 1350. The monoisotopic (exact) mass is 714 g/mol. The van der Waals surface area contributed by atoms with Crippen LogP contribution in [0.25, 0.3) is 0 Å². The quantitative estimate of drug-likeness (QED) is 0.222. The lowest BCUT2D eigenvalue weighted by molar-refractivity contribution is 0.0169. The summed E-state index contributed by atoms with van der Waals surface area (Å²) in [6.07, 6.45) is 6.22. The van der Waals surface area contributed by atoms with Crippen LogP contribution in [-0.4, -0.2) is 79.1 Å². The number of amides is 2. The number of carbonyl (C=O) groups excluding carboxylic acids is 2. The lowest BCUT2D eigenvalue weighted by atomic mass is 9.90. The highest BCUT2D eigenvalue weighted by Gasteiger charge is 2.31. The zero-order valence-electron chi connectivity index (χ0n) is 31.7. The van der Waals surface area contributed by atoms with Crippen LogP contribution in [0.15, 0.2) is 36.4 Å². The second-order valence-electron chi connectivity index (χ2n) is 15.9. The van der Waals surface area contributed by atoms with Gasteiger partial charge >= 0.3 is 19.9 Å². The summed E-state index contributed by atoms with van der Waals surface area (Å²) in [5, 5.41) is 6.91. The fourth-order valence-corrected chi connectivity index (χ4v) is 6.53. The van der Waals surface area contributed by atoms with Crippen molar-refractivity contribution in [2.45, 2.75) is 141 Å². The van der Waals surface area contributed by atoms with Crippen LogP contribution in [0.2, 0.25) is 0 Å². The van der Waals surface area contributed by atoms with Crippen molar-refractivity contribution in [3.05, 3.63) is 59.2 Å².